The average molecular weight is 341 g/mol. The third kappa shape index (κ3) is 3.60. The van der Waals surface area contributed by atoms with Crippen molar-refractivity contribution < 1.29 is 0 Å². The molecule has 25 heavy (non-hydrogen) atoms. The van der Waals surface area contributed by atoms with Gasteiger partial charge in [0.15, 0.2) is 0 Å². The second-order valence-corrected chi connectivity index (χ2v) is 10.4. The standard InChI is InChI=1S/C23H36N2/c1-18-5-7-21(8-6-18)25-16-23(17-25)13-19(14-23)15-24-11-9-20(10-12-24)22(2,3)4/h5-8,19-20H,9-17H2,1-4H3. The molecule has 2 saturated heterocycles. The molecule has 2 heterocycles. The molecule has 0 amide bonds. The van der Waals surface area contributed by atoms with E-state index in [0.29, 0.717) is 10.8 Å². The Bertz CT molecular complexity index is 576. The van der Waals surface area contributed by atoms with E-state index in [-0.39, 0.29) is 0 Å². The van der Waals surface area contributed by atoms with Crippen molar-refractivity contribution in [3.8, 4) is 0 Å². The zero-order valence-electron chi connectivity index (χ0n) is 16.7. The molecule has 0 bridgehead atoms. The van der Waals surface area contributed by atoms with Crippen molar-refractivity contribution in [2.24, 2.45) is 22.7 Å². The maximum Gasteiger partial charge on any atom is 0.0366 e. The van der Waals surface area contributed by atoms with Gasteiger partial charge in [0.25, 0.3) is 0 Å². The van der Waals surface area contributed by atoms with Crippen LogP contribution in [0.4, 0.5) is 5.69 Å². The summed E-state index contributed by atoms with van der Waals surface area (Å²) < 4.78 is 0. The van der Waals surface area contributed by atoms with Crippen molar-refractivity contribution in [3.63, 3.8) is 0 Å². The van der Waals surface area contributed by atoms with Crippen molar-refractivity contribution in [2.45, 2.75) is 53.4 Å². The fourth-order valence-electron chi connectivity index (χ4n) is 5.60. The highest BCUT2D eigenvalue weighted by molar-refractivity contribution is 5.51. The van der Waals surface area contributed by atoms with E-state index in [9.17, 15) is 0 Å². The van der Waals surface area contributed by atoms with Crippen LogP contribution in [0, 0.1) is 29.6 Å². The lowest BCUT2D eigenvalue weighted by molar-refractivity contribution is -0.00556. The second kappa shape index (κ2) is 6.30. The van der Waals surface area contributed by atoms with Gasteiger partial charge in [0.2, 0.25) is 0 Å². The van der Waals surface area contributed by atoms with Crippen LogP contribution >= 0.6 is 0 Å². The van der Waals surface area contributed by atoms with Gasteiger partial charge in [0.1, 0.15) is 0 Å². The van der Waals surface area contributed by atoms with Gasteiger partial charge in [-0.25, -0.2) is 0 Å². The van der Waals surface area contributed by atoms with Gasteiger partial charge in [0, 0.05) is 30.7 Å². The Balaban J connectivity index is 1.19. The molecule has 0 unspecified atom stereocenters. The molecule has 2 heteroatoms. The van der Waals surface area contributed by atoms with Gasteiger partial charge in [-0.3, -0.25) is 0 Å². The van der Waals surface area contributed by atoms with E-state index in [1.807, 2.05) is 0 Å². The molecule has 1 aromatic carbocycles. The zero-order chi connectivity index (χ0) is 17.7. The molecule has 1 saturated carbocycles. The quantitative estimate of drug-likeness (QED) is 0.766. The van der Waals surface area contributed by atoms with Crippen LogP contribution in [0.2, 0.25) is 0 Å². The molecule has 3 fully saturated rings. The number of hydrogen-bond donors (Lipinski definition) is 0. The molecule has 2 aliphatic heterocycles. The van der Waals surface area contributed by atoms with Crippen LogP contribution in [0.1, 0.15) is 52.0 Å². The predicted octanol–water partition coefficient (Wildman–Crippen LogP) is 4.97. The molecule has 1 aromatic rings. The van der Waals surface area contributed by atoms with E-state index >= 15 is 0 Å². The number of piperidine rings is 1. The highest BCUT2D eigenvalue weighted by Gasteiger charge is 2.52. The van der Waals surface area contributed by atoms with Crippen LogP contribution < -0.4 is 4.90 Å². The third-order valence-corrected chi connectivity index (χ3v) is 7.22. The Morgan fingerprint density at radius 3 is 2.16 bits per heavy atom. The van der Waals surface area contributed by atoms with Crippen molar-refractivity contribution >= 4 is 5.69 Å². The Morgan fingerprint density at radius 1 is 1.00 bits per heavy atom. The van der Waals surface area contributed by atoms with Crippen LogP contribution in [-0.2, 0) is 0 Å². The second-order valence-electron chi connectivity index (χ2n) is 10.4. The molecule has 0 radical (unpaired) electrons. The molecular weight excluding hydrogens is 304 g/mol. The van der Waals surface area contributed by atoms with Gasteiger partial charge >= 0.3 is 0 Å². The molecule has 4 rings (SSSR count). The first-order valence-corrected chi connectivity index (χ1v) is 10.4. The molecule has 2 nitrogen and oxygen atoms in total. The van der Waals surface area contributed by atoms with E-state index in [1.54, 1.807) is 0 Å². The van der Waals surface area contributed by atoms with E-state index in [2.05, 4.69) is 61.8 Å². The van der Waals surface area contributed by atoms with Gasteiger partial charge in [-0.05, 0) is 75.1 Å². The first-order chi connectivity index (χ1) is 11.8. The summed E-state index contributed by atoms with van der Waals surface area (Å²) in [5.41, 5.74) is 3.94. The van der Waals surface area contributed by atoms with Crippen LogP contribution in [-0.4, -0.2) is 37.6 Å². The maximum atomic E-state index is 2.76. The van der Waals surface area contributed by atoms with E-state index in [0.717, 1.165) is 11.8 Å². The normalized spacial score (nSPS) is 25.0. The van der Waals surface area contributed by atoms with Crippen molar-refractivity contribution in [3.05, 3.63) is 29.8 Å². The molecule has 0 atom stereocenters. The average Bonchev–Trinajstić information content (AvgIpc) is 2.49. The molecule has 1 spiro atoms. The van der Waals surface area contributed by atoms with Crippen LogP contribution in [0.5, 0.6) is 0 Å². The minimum atomic E-state index is 0.498. The first kappa shape index (κ1) is 17.4. The molecule has 138 valence electrons. The monoisotopic (exact) mass is 340 g/mol. The topological polar surface area (TPSA) is 6.48 Å². The van der Waals surface area contributed by atoms with E-state index in [4.69, 9.17) is 0 Å². The summed E-state index contributed by atoms with van der Waals surface area (Å²) in [7, 11) is 0. The summed E-state index contributed by atoms with van der Waals surface area (Å²) in [6, 6.07) is 9.06. The molecule has 3 aliphatic rings. The Hall–Kier alpha value is -1.02. The summed E-state index contributed by atoms with van der Waals surface area (Å²) in [6.45, 7) is 16.0. The number of aryl methyl sites for hydroxylation is 1. The predicted molar refractivity (Wildman–Crippen MR) is 107 cm³/mol. The highest BCUT2D eigenvalue weighted by Crippen LogP contribution is 2.53. The van der Waals surface area contributed by atoms with Crippen LogP contribution in [0.25, 0.3) is 0 Å². The third-order valence-electron chi connectivity index (χ3n) is 7.22. The Labute approximate surface area is 154 Å². The molecule has 0 aromatic heterocycles. The summed E-state index contributed by atoms with van der Waals surface area (Å²) >= 11 is 0. The Kier molecular flexibility index (Phi) is 4.38. The van der Waals surface area contributed by atoms with Gasteiger partial charge in [-0.15, -0.1) is 0 Å². The summed E-state index contributed by atoms with van der Waals surface area (Å²) in [5.74, 6) is 1.89. The van der Waals surface area contributed by atoms with E-state index in [1.165, 1.54) is 69.7 Å². The number of hydrogen-bond acceptors (Lipinski definition) is 2. The summed E-state index contributed by atoms with van der Waals surface area (Å²) in [6.07, 6.45) is 5.74. The Morgan fingerprint density at radius 2 is 1.60 bits per heavy atom. The smallest absolute Gasteiger partial charge is 0.0366 e. The zero-order valence-corrected chi connectivity index (χ0v) is 16.7. The number of rotatable bonds is 3. The van der Waals surface area contributed by atoms with Gasteiger partial charge < -0.3 is 9.80 Å². The molecule has 1 aliphatic carbocycles. The lowest BCUT2D eigenvalue weighted by atomic mass is 9.57. The lowest BCUT2D eigenvalue weighted by Crippen LogP contribution is -2.63. The number of anilines is 1. The van der Waals surface area contributed by atoms with Crippen molar-refractivity contribution in [2.75, 3.05) is 37.6 Å². The van der Waals surface area contributed by atoms with Crippen molar-refractivity contribution in [1.82, 2.24) is 4.90 Å². The van der Waals surface area contributed by atoms with Gasteiger partial charge in [-0.2, -0.15) is 0 Å². The maximum absolute atomic E-state index is 2.76. The summed E-state index contributed by atoms with van der Waals surface area (Å²) in [5, 5.41) is 0. The fourth-order valence-corrected chi connectivity index (χ4v) is 5.60. The summed E-state index contributed by atoms with van der Waals surface area (Å²) in [4.78, 5) is 5.33. The number of nitrogens with zero attached hydrogens (tertiary/aromatic N) is 2. The van der Waals surface area contributed by atoms with Gasteiger partial charge in [-0.1, -0.05) is 38.5 Å². The minimum Gasteiger partial charge on any atom is -0.370 e. The largest absolute Gasteiger partial charge is 0.370 e. The van der Waals surface area contributed by atoms with Crippen LogP contribution in [0.15, 0.2) is 24.3 Å². The van der Waals surface area contributed by atoms with E-state index < -0.39 is 0 Å². The first-order valence-electron chi connectivity index (χ1n) is 10.4. The minimum absolute atomic E-state index is 0.498. The number of likely N-dealkylation sites (tertiary alicyclic amines) is 1. The van der Waals surface area contributed by atoms with Crippen LogP contribution in [0.3, 0.4) is 0 Å². The molecular formula is C23H36N2. The van der Waals surface area contributed by atoms with Crippen molar-refractivity contribution in [1.29, 1.82) is 0 Å². The SMILES string of the molecule is Cc1ccc(N2CC3(CC(CN4CCC(C(C)(C)C)CC4)C3)C2)cc1. The van der Waals surface area contributed by atoms with Gasteiger partial charge in [0.05, 0.1) is 0 Å². The fraction of sp³-hybridized carbons (Fsp3) is 0.739. The molecule has 0 N–H and O–H groups in total. The number of benzene rings is 1. The lowest BCUT2D eigenvalue weighted by Gasteiger charge is -2.60. The highest BCUT2D eigenvalue weighted by atomic mass is 15.2.